The molecule has 0 aliphatic carbocycles. The molecule has 7 heteroatoms. The van der Waals surface area contributed by atoms with Crippen molar-refractivity contribution in [1.82, 2.24) is 0 Å². The van der Waals surface area contributed by atoms with Crippen LogP contribution in [0.25, 0.3) is 0 Å². The summed E-state index contributed by atoms with van der Waals surface area (Å²) in [6, 6.07) is 1.46. The smallest absolute Gasteiger partial charge is 0.338 e. The minimum absolute atomic E-state index is 0.00961. The van der Waals surface area contributed by atoms with Gasteiger partial charge in [0.2, 0.25) is 0 Å². The number of ether oxygens (including phenoxy) is 1. The van der Waals surface area contributed by atoms with Gasteiger partial charge >= 0.3 is 5.97 Å². The van der Waals surface area contributed by atoms with Gasteiger partial charge in [-0.25, -0.2) is 13.6 Å². The van der Waals surface area contributed by atoms with Crippen LogP contribution in [-0.2, 0) is 9.53 Å². The molecule has 0 aliphatic heterocycles. The van der Waals surface area contributed by atoms with E-state index >= 15 is 0 Å². The molecule has 0 fully saturated rings. The van der Waals surface area contributed by atoms with Gasteiger partial charge in [0.1, 0.15) is 17.7 Å². The molecule has 0 aliphatic rings. The van der Waals surface area contributed by atoms with Crippen LogP contribution in [0.4, 0.5) is 8.78 Å². The van der Waals surface area contributed by atoms with E-state index in [1.54, 1.807) is 0 Å². The summed E-state index contributed by atoms with van der Waals surface area (Å²) in [5, 5.41) is 19.2. The Labute approximate surface area is 110 Å². The number of halogens is 3. The van der Waals surface area contributed by atoms with Crippen LogP contribution in [0.2, 0.25) is 0 Å². The van der Waals surface area contributed by atoms with Crippen molar-refractivity contribution >= 4 is 21.9 Å². The standard InChI is InChI=1S/C11H11BrF2O4/c1-2-18-11(17)10(16)9(15)8-6(12)3-5(13)4-7(8)14/h3-4,9-10,15-16H,2H2,1H3. The zero-order chi connectivity index (χ0) is 13.9. The third-order valence-electron chi connectivity index (χ3n) is 2.17. The summed E-state index contributed by atoms with van der Waals surface area (Å²) in [6.07, 6.45) is -3.79. The van der Waals surface area contributed by atoms with Crippen molar-refractivity contribution in [3.8, 4) is 0 Å². The quantitative estimate of drug-likeness (QED) is 0.827. The number of hydrogen-bond donors (Lipinski definition) is 2. The summed E-state index contributed by atoms with van der Waals surface area (Å²) < 4.78 is 30.7. The van der Waals surface area contributed by atoms with Crippen LogP contribution in [0, 0.1) is 11.6 Å². The highest BCUT2D eigenvalue weighted by molar-refractivity contribution is 9.10. The number of aliphatic hydroxyl groups excluding tert-OH is 2. The van der Waals surface area contributed by atoms with E-state index in [4.69, 9.17) is 0 Å². The van der Waals surface area contributed by atoms with Gasteiger partial charge in [0.15, 0.2) is 6.10 Å². The number of hydrogen-bond acceptors (Lipinski definition) is 4. The highest BCUT2D eigenvalue weighted by Crippen LogP contribution is 2.29. The molecular weight excluding hydrogens is 314 g/mol. The molecule has 1 aromatic rings. The molecule has 18 heavy (non-hydrogen) atoms. The second-order valence-corrected chi connectivity index (χ2v) is 4.28. The van der Waals surface area contributed by atoms with Crippen molar-refractivity contribution in [2.45, 2.75) is 19.1 Å². The molecule has 0 saturated heterocycles. The van der Waals surface area contributed by atoms with Gasteiger partial charge in [0.25, 0.3) is 0 Å². The third-order valence-corrected chi connectivity index (χ3v) is 2.82. The van der Waals surface area contributed by atoms with Crippen LogP contribution in [0.1, 0.15) is 18.6 Å². The Hall–Kier alpha value is -1.05. The van der Waals surface area contributed by atoms with E-state index < -0.39 is 35.4 Å². The number of aliphatic hydroxyl groups is 2. The fraction of sp³-hybridized carbons (Fsp3) is 0.364. The molecule has 1 aromatic carbocycles. The summed E-state index contributed by atoms with van der Waals surface area (Å²) in [4.78, 5) is 11.2. The van der Waals surface area contributed by atoms with Gasteiger partial charge in [0, 0.05) is 16.1 Å². The molecule has 0 spiro atoms. The lowest BCUT2D eigenvalue weighted by Gasteiger charge is -2.18. The molecule has 0 amide bonds. The second kappa shape index (κ2) is 6.21. The molecule has 0 bridgehead atoms. The van der Waals surface area contributed by atoms with Crippen molar-refractivity contribution in [1.29, 1.82) is 0 Å². The lowest BCUT2D eigenvalue weighted by Crippen LogP contribution is -2.30. The Balaban J connectivity index is 3.03. The van der Waals surface area contributed by atoms with Crippen molar-refractivity contribution in [3.05, 3.63) is 33.8 Å². The molecule has 0 aromatic heterocycles. The largest absolute Gasteiger partial charge is 0.464 e. The van der Waals surface area contributed by atoms with Gasteiger partial charge < -0.3 is 14.9 Å². The lowest BCUT2D eigenvalue weighted by atomic mass is 10.0. The van der Waals surface area contributed by atoms with Crippen LogP contribution >= 0.6 is 15.9 Å². The molecule has 0 heterocycles. The van der Waals surface area contributed by atoms with Gasteiger partial charge in [-0.3, -0.25) is 0 Å². The summed E-state index contributed by atoms with van der Waals surface area (Å²) >= 11 is 2.85. The number of carbonyl (C=O) groups is 1. The first kappa shape index (κ1) is 15.0. The molecule has 2 N–H and O–H groups in total. The van der Waals surface area contributed by atoms with Gasteiger partial charge in [0.05, 0.1) is 6.61 Å². The van der Waals surface area contributed by atoms with Crippen LogP contribution in [0.5, 0.6) is 0 Å². The van der Waals surface area contributed by atoms with Crippen molar-refractivity contribution in [3.63, 3.8) is 0 Å². The van der Waals surface area contributed by atoms with E-state index in [1.807, 2.05) is 0 Å². The first-order chi connectivity index (χ1) is 8.38. The summed E-state index contributed by atoms with van der Waals surface area (Å²) in [6.45, 7) is 1.53. The SMILES string of the molecule is CCOC(=O)C(O)C(O)c1c(F)cc(F)cc1Br. The molecule has 2 atom stereocenters. The maximum Gasteiger partial charge on any atom is 0.338 e. The van der Waals surface area contributed by atoms with Crippen molar-refractivity contribution in [2.24, 2.45) is 0 Å². The van der Waals surface area contributed by atoms with Crippen LogP contribution in [-0.4, -0.2) is 28.9 Å². The zero-order valence-corrected chi connectivity index (χ0v) is 10.9. The molecule has 0 saturated carbocycles. The van der Waals surface area contributed by atoms with E-state index in [0.717, 1.165) is 6.07 Å². The predicted molar refractivity (Wildman–Crippen MR) is 61.7 cm³/mol. The molecule has 100 valence electrons. The maximum absolute atomic E-state index is 13.5. The second-order valence-electron chi connectivity index (χ2n) is 3.42. The Bertz CT molecular complexity index is 430. The summed E-state index contributed by atoms with van der Waals surface area (Å²) in [5.74, 6) is -3.00. The Morgan fingerprint density at radius 1 is 1.44 bits per heavy atom. The highest BCUT2D eigenvalue weighted by atomic mass is 79.9. The number of carbonyl (C=O) groups excluding carboxylic acids is 1. The van der Waals surface area contributed by atoms with Gasteiger partial charge in [-0.1, -0.05) is 15.9 Å². The molecule has 4 nitrogen and oxygen atoms in total. The highest BCUT2D eigenvalue weighted by Gasteiger charge is 2.30. The van der Waals surface area contributed by atoms with Crippen LogP contribution < -0.4 is 0 Å². The fourth-order valence-corrected chi connectivity index (χ4v) is 1.99. The van der Waals surface area contributed by atoms with Crippen molar-refractivity contribution in [2.75, 3.05) is 6.61 Å². The molecular formula is C11H11BrF2O4. The average Bonchev–Trinajstić information content (AvgIpc) is 2.26. The maximum atomic E-state index is 13.5. The normalized spacial score (nSPS) is 14.1. The minimum atomic E-state index is -1.94. The monoisotopic (exact) mass is 324 g/mol. The molecule has 2 unspecified atom stereocenters. The van der Waals surface area contributed by atoms with E-state index in [0.29, 0.717) is 6.07 Å². The van der Waals surface area contributed by atoms with Crippen molar-refractivity contribution < 1.29 is 28.5 Å². The number of esters is 1. The summed E-state index contributed by atoms with van der Waals surface area (Å²) in [5.41, 5.74) is -0.406. The molecule has 0 radical (unpaired) electrons. The fourth-order valence-electron chi connectivity index (χ4n) is 1.35. The number of benzene rings is 1. The summed E-state index contributed by atoms with van der Waals surface area (Å²) in [7, 11) is 0. The third kappa shape index (κ3) is 3.24. The first-order valence-corrected chi connectivity index (χ1v) is 5.85. The predicted octanol–water partition coefficient (Wildman–Crippen LogP) is 1.68. The van der Waals surface area contributed by atoms with Gasteiger partial charge in [-0.2, -0.15) is 0 Å². The van der Waals surface area contributed by atoms with Gasteiger partial charge in [-0.15, -0.1) is 0 Å². The zero-order valence-electron chi connectivity index (χ0n) is 9.36. The van der Waals surface area contributed by atoms with Crippen LogP contribution in [0.15, 0.2) is 16.6 Å². The van der Waals surface area contributed by atoms with Crippen LogP contribution in [0.3, 0.4) is 0 Å². The molecule has 1 rings (SSSR count). The Morgan fingerprint density at radius 3 is 2.56 bits per heavy atom. The Kier molecular flexibility index (Phi) is 5.18. The number of rotatable bonds is 4. The first-order valence-electron chi connectivity index (χ1n) is 5.05. The average molecular weight is 325 g/mol. The topological polar surface area (TPSA) is 66.8 Å². The van der Waals surface area contributed by atoms with E-state index in [2.05, 4.69) is 20.7 Å². The minimum Gasteiger partial charge on any atom is -0.464 e. The van der Waals surface area contributed by atoms with Gasteiger partial charge in [-0.05, 0) is 13.0 Å². The van der Waals surface area contributed by atoms with E-state index in [-0.39, 0.29) is 11.1 Å². The Morgan fingerprint density at radius 2 is 2.06 bits per heavy atom. The lowest BCUT2D eigenvalue weighted by molar-refractivity contribution is -0.159. The van der Waals surface area contributed by atoms with E-state index in [9.17, 15) is 23.8 Å². The van der Waals surface area contributed by atoms with E-state index in [1.165, 1.54) is 6.92 Å².